The van der Waals surface area contributed by atoms with Crippen molar-refractivity contribution in [3.8, 4) is 17.2 Å². The Labute approximate surface area is 115 Å². The van der Waals surface area contributed by atoms with Crippen molar-refractivity contribution in [3.05, 3.63) is 23.8 Å². The zero-order valence-corrected chi connectivity index (χ0v) is 11.5. The Morgan fingerprint density at radius 3 is 2.37 bits per heavy atom. The fraction of sp³-hybridized carbons (Fsp3) is 0.231. The van der Waals surface area contributed by atoms with Gasteiger partial charge >= 0.3 is 5.97 Å². The molecule has 0 saturated carbocycles. The molecule has 0 saturated heterocycles. The molecule has 0 spiro atoms. The highest BCUT2D eigenvalue weighted by Gasteiger charge is 2.19. The van der Waals surface area contributed by atoms with Crippen LogP contribution in [-0.2, 0) is 9.59 Å². The monoisotopic (exact) mass is 284 g/mol. The normalized spacial score (nSPS) is 10.8. The van der Waals surface area contributed by atoms with Crippen LogP contribution < -0.4 is 14.2 Å². The molecule has 0 aliphatic rings. The molecule has 6 heteroatoms. The number of methoxy groups -OCH3 is 2. The average Bonchev–Trinajstić information content (AvgIpc) is 2.37. The van der Waals surface area contributed by atoms with E-state index in [1.807, 2.05) is 0 Å². The summed E-state index contributed by atoms with van der Waals surface area (Å²) in [5.74, 6) is 0.140. The minimum atomic E-state index is -0.524. The van der Waals surface area contributed by atoms with Crippen molar-refractivity contribution < 1.29 is 23.8 Å². The number of halogens is 1. The molecule has 0 aliphatic heterocycles. The van der Waals surface area contributed by atoms with Gasteiger partial charge in [-0.05, 0) is 18.2 Å². The van der Waals surface area contributed by atoms with E-state index in [-0.39, 0.29) is 16.5 Å². The first-order valence-electron chi connectivity index (χ1n) is 5.29. The smallest absolute Gasteiger partial charge is 0.308 e. The van der Waals surface area contributed by atoms with Gasteiger partial charge in [0.1, 0.15) is 6.29 Å². The molecule has 0 atom stereocenters. The van der Waals surface area contributed by atoms with Crippen molar-refractivity contribution in [2.45, 2.75) is 6.92 Å². The van der Waals surface area contributed by atoms with Crippen molar-refractivity contribution in [3.63, 3.8) is 0 Å². The fourth-order valence-corrected chi connectivity index (χ4v) is 1.69. The lowest BCUT2D eigenvalue weighted by Gasteiger charge is -2.15. The lowest BCUT2D eigenvalue weighted by atomic mass is 10.1. The van der Waals surface area contributed by atoms with Gasteiger partial charge in [0.15, 0.2) is 11.5 Å². The predicted molar refractivity (Wildman–Crippen MR) is 70.7 cm³/mol. The van der Waals surface area contributed by atoms with Crippen molar-refractivity contribution in [1.82, 2.24) is 0 Å². The number of carbonyl (C=O) groups is 2. The van der Waals surface area contributed by atoms with Crippen molar-refractivity contribution in [1.29, 1.82) is 0 Å². The number of hydrogen-bond donors (Lipinski definition) is 0. The predicted octanol–water partition coefficient (Wildman–Crippen LogP) is 2.41. The van der Waals surface area contributed by atoms with Gasteiger partial charge in [0, 0.05) is 12.5 Å². The highest BCUT2D eigenvalue weighted by atomic mass is 35.5. The summed E-state index contributed by atoms with van der Waals surface area (Å²) < 4.78 is 15.3. The second-order valence-electron chi connectivity index (χ2n) is 3.42. The number of carbonyl (C=O) groups excluding carboxylic acids is 2. The van der Waals surface area contributed by atoms with Gasteiger partial charge in [-0.25, -0.2) is 0 Å². The molecule has 0 fully saturated rings. The third-order valence-electron chi connectivity index (χ3n) is 2.22. The molecule has 5 nitrogen and oxygen atoms in total. The van der Waals surface area contributed by atoms with Gasteiger partial charge in [-0.2, -0.15) is 0 Å². The zero-order valence-electron chi connectivity index (χ0n) is 10.7. The largest absolute Gasteiger partial charge is 0.493 e. The highest BCUT2D eigenvalue weighted by Crippen LogP contribution is 2.43. The van der Waals surface area contributed by atoms with Crippen LogP contribution in [0.25, 0.3) is 5.03 Å². The number of hydrogen-bond acceptors (Lipinski definition) is 5. The Morgan fingerprint density at radius 1 is 1.21 bits per heavy atom. The van der Waals surface area contributed by atoms with Crippen LogP contribution in [0.4, 0.5) is 0 Å². The van der Waals surface area contributed by atoms with Crippen LogP contribution >= 0.6 is 11.6 Å². The molecule has 1 aromatic rings. The van der Waals surface area contributed by atoms with Crippen molar-refractivity contribution >= 4 is 28.9 Å². The van der Waals surface area contributed by atoms with E-state index in [1.54, 1.807) is 12.1 Å². The van der Waals surface area contributed by atoms with Crippen LogP contribution in [0, 0.1) is 0 Å². The van der Waals surface area contributed by atoms with Crippen LogP contribution in [0.3, 0.4) is 0 Å². The van der Waals surface area contributed by atoms with E-state index in [0.717, 1.165) is 0 Å². The van der Waals surface area contributed by atoms with Gasteiger partial charge in [0.2, 0.25) is 5.75 Å². The van der Waals surface area contributed by atoms with E-state index in [9.17, 15) is 9.59 Å². The van der Waals surface area contributed by atoms with E-state index in [0.29, 0.717) is 17.6 Å². The van der Waals surface area contributed by atoms with Crippen LogP contribution in [0.15, 0.2) is 18.2 Å². The fourth-order valence-electron chi connectivity index (χ4n) is 1.49. The van der Waals surface area contributed by atoms with E-state index >= 15 is 0 Å². The third kappa shape index (κ3) is 3.48. The number of rotatable bonds is 5. The Hall–Kier alpha value is -2.01. The average molecular weight is 285 g/mol. The maximum Gasteiger partial charge on any atom is 0.308 e. The Balaban J connectivity index is 3.47. The summed E-state index contributed by atoms with van der Waals surface area (Å²) in [7, 11) is 2.83. The highest BCUT2D eigenvalue weighted by molar-refractivity contribution is 6.50. The number of ether oxygens (including phenoxy) is 3. The first-order chi connectivity index (χ1) is 9.04. The second-order valence-corrected chi connectivity index (χ2v) is 3.83. The molecule has 0 unspecified atom stereocenters. The molecular formula is C13H13ClO5. The summed E-state index contributed by atoms with van der Waals surface area (Å²) in [5, 5.41) is 0.169. The zero-order chi connectivity index (χ0) is 14.4. The Bertz CT molecular complexity index is 522. The molecule has 19 heavy (non-hydrogen) atoms. The molecule has 0 aliphatic carbocycles. The lowest BCUT2D eigenvalue weighted by Crippen LogP contribution is -2.06. The molecule has 0 bridgehead atoms. The Morgan fingerprint density at radius 2 is 1.89 bits per heavy atom. The summed E-state index contributed by atoms with van der Waals surface area (Å²) in [6.45, 7) is 1.26. The van der Waals surface area contributed by atoms with E-state index in [4.69, 9.17) is 25.8 Å². The maximum absolute atomic E-state index is 11.1. The van der Waals surface area contributed by atoms with E-state index in [1.165, 1.54) is 27.2 Å². The first kappa shape index (κ1) is 15.0. The molecule has 102 valence electrons. The molecular weight excluding hydrogens is 272 g/mol. The summed E-state index contributed by atoms with van der Waals surface area (Å²) >= 11 is 5.96. The second kappa shape index (κ2) is 6.80. The molecule has 0 amide bonds. The van der Waals surface area contributed by atoms with Crippen LogP contribution in [-0.4, -0.2) is 26.5 Å². The number of aldehydes is 1. The van der Waals surface area contributed by atoms with Gasteiger partial charge in [-0.3, -0.25) is 9.59 Å². The van der Waals surface area contributed by atoms with Gasteiger partial charge in [0.05, 0.1) is 19.3 Å². The Kier molecular flexibility index (Phi) is 5.38. The number of allylic oxidation sites excluding steroid dienone is 1. The van der Waals surface area contributed by atoms with E-state index in [2.05, 4.69) is 0 Å². The molecule has 0 aromatic heterocycles. The number of benzene rings is 1. The summed E-state index contributed by atoms with van der Waals surface area (Å²) in [5.41, 5.74) is 0.424. The third-order valence-corrected chi connectivity index (χ3v) is 2.55. The minimum Gasteiger partial charge on any atom is -0.493 e. The quantitative estimate of drug-likeness (QED) is 0.360. The number of esters is 1. The minimum absolute atomic E-state index is 0.118. The van der Waals surface area contributed by atoms with Crippen LogP contribution in [0.5, 0.6) is 17.2 Å². The van der Waals surface area contributed by atoms with Gasteiger partial charge in [-0.1, -0.05) is 11.6 Å². The summed E-state index contributed by atoms with van der Waals surface area (Å²) in [6, 6.07) is 3.17. The van der Waals surface area contributed by atoms with Gasteiger partial charge in [0.25, 0.3) is 0 Å². The topological polar surface area (TPSA) is 61.8 Å². The van der Waals surface area contributed by atoms with Gasteiger partial charge in [-0.15, -0.1) is 0 Å². The lowest BCUT2D eigenvalue weighted by molar-refractivity contribution is -0.132. The SMILES string of the molecule is COc1ccc(C(Cl)=CC=O)c(OC)c1OC(C)=O. The summed E-state index contributed by atoms with van der Waals surface area (Å²) in [4.78, 5) is 21.6. The van der Waals surface area contributed by atoms with Gasteiger partial charge < -0.3 is 14.2 Å². The molecule has 1 rings (SSSR count). The molecule has 0 heterocycles. The van der Waals surface area contributed by atoms with E-state index < -0.39 is 5.97 Å². The van der Waals surface area contributed by atoms with Crippen LogP contribution in [0.2, 0.25) is 0 Å². The summed E-state index contributed by atoms with van der Waals surface area (Å²) in [6.07, 6.45) is 1.72. The molecule has 0 N–H and O–H groups in total. The van der Waals surface area contributed by atoms with Crippen LogP contribution in [0.1, 0.15) is 12.5 Å². The van der Waals surface area contributed by atoms with Crippen molar-refractivity contribution in [2.75, 3.05) is 14.2 Å². The maximum atomic E-state index is 11.1. The molecule has 1 aromatic carbocycles. The standard InChI is InChI=1S/C13H13ClO5/c1-8(16)19-13-11(17-2)5-4-9(12(13)18-3)10(14)6-7-15/h4-7H,1-3H3. The first-order valence-corrected chi connectivity index (χ1v) is 5.67. The molecule has 0 radical (unpaired) electrons. The van der Waals surface area contributed by atoms with Crippen molar-refractivity contribution in [2.24, 2.45) is 0 Å².